The number of nitrogen functional groups attached to an aromatic ring is 1. The van der Waals surface area contributed by atoms with Crippen molar-refractivity contribution in [2.75, 3.05) is 43.4 Å². The van der Waals surface area contributed by atoms with Gasteiger partial charge in [-0.1, -0.05) is 31.5 Å². The Morgan fingerprint density at radius 3 is 2.85 bits per heavy atom. The predicted molar refractivity (Wildman–Crippen MR) is 157 cm³/mol. The van der Waals surface area contributed by atoms with Gasteiger partial charge in [0.05, 0.1) is 24.9 Å². The smallest absolute Gasteiger partial charge is 0.222 e. The van der Waals surface area contributed by atoms with Crippen LogP contribution in [0.15, 0.2) is 36.7 Å². The zero-order chi connectivity index (χ0) is 28.1. The van der Waals surface area contributed by atoms with Crippen molar-refractivity contribution in [1.29, 1.82) is 0 Å². The van der Waals surface area contributed by atoms with Crippen LogP contribution < -0.4 is 16.0 Å². The van der Waals surface area contributed by atoms with E-state index in [4.69, 9.17) is 15.8 Å². The Morgan fingerprint density at radius 1 is 1.20 bits per heavy atom. The van der Waals surface area contributed by atoms with Crippen LogP contribution in [0, 0.1) is 0 Å². The van der Waals surface area contributed by atoms with Crippen LogP contribution in [0.1, 0.15) is 50.7 Å². The number of hydrogen-bond acceptors (Lipinski definition) is 9. The topological polar surface area (TPSA) is 138 Å². The number of nitrogens with zero attached hydrogens (tertiary/aromatic N) is 7. The molecule has 4 heterocycles. The number of carbonyl (C=O) groups excluding carboxylic acids is 1. The average Bonchev–Trinajstić information content (AvgIpc) is 3.36. The van der Waals surface area contributed by atoms with Gasteiger partial charge in [-0.3, -0.25) is 14.5 Å². The molecule has 11 heteroatoms. The lowest BCUT2D eigenvalue weighted by Gasteiger charge is -2.32. The number of aliphatic hydroxyl groups is 1. The summed E-state index contributed by atoms with van der Waals surface area (Å²) in [7, 11) is 0. The van der Waals surface area contributed by atoms with Crippen molar-refractivity contribution < 1.29 is 9.90 Å². The molecule has 1 aromatic carbocycles. The summed E-state index contributed by atoms with van der Waals surface area (Å²) < 4.78 is 1.86. The van der Waals surface area contributed by atoms with E-state index in [0.717, 1.165) is 61.8 Å². The normalized spacial score (nSPS) is 15.7. The van der Waals surface area contributed by atoms with Gasteiger partial charge in [-0.2, -0.15) is 10.1 Å². The van der Waals surface area contributed by atoms with Crippen LogP contribution in [-0.4, -0.2) is 79.5 Å². The van der Waals surface area contributed by atoms with Gasteiger partial charge >= 0.3 is 0 Å². The van der Waals surface area contributed by atoms with Gasteiger partial charge < -0.3 is 26.0 Å². The molecule has 1 aliphatic heterocycles. The Kier molecular flexibility index (Phi) is 8.71. The number of anilines is 2. The van der Waals surface area contributed by atoms with E-state index in [1.54, 1.807) is 6.92 Å². The number of hydrogen-bond donors (Lipinski definition) is 3. The van der Waals surface area contributed by atoms with Crippen LogP contribution in [0.5, 0.6) is 0 Å². The highest BCUT2D eigenvalue weighted by Crippen LogP contribution is 2.26. The first-order valence-corrected chi connectivity index (χ1v) is 14.2. The molecule has 5 rings (SSSR count). The first-order valence-electron chi connectivity index (χ1n) is 14.2. The molecule has 0 saturated carbocycles. The number of aliphatic hydroxyl groups excluding tert-OH is 1. The minimum absolute atomic E-state index is 0.0183. The van der Waals surface area contributed by atoms with Crippen LogP contribution >= 0.6 is 0 Å². The molecule has 0 spiro atoms. The van der Waals surface area contributed by atoms with Crippen molar-refractivity contribution in [1.82, 2.24) is 34.9 Å². The molecule has 1 aliphatic rings. The Morgan fingerprint density at radius 2 is 2.05 bits per heavy atom. The number of carbonyl (C=O) groups is 1. The van der Waals surface area contributed by atoms with Crippen LogP contribution in [0.25, 0.3) is 21.9 Å². The van der Waals surface area contributed by atoms with Crippen LogP contribution in [0.2, 0.25) is 0 Å². The molecular formula is C29H39N9O2. The Labute approximate surface area is 234 Å². The number of nitrogens with one attached hydrogen (secondary N) is 1. The van der Waals surface area contributed by atoms with E-state index in [1.807, 2.05) is 32.9 Å². The Hall–Kier alpha value is -3.83. The van der Waals surface area contributed by atoms with Crippen molar-refractivity contribution in [3.8, 4) is 0 Å². The summed E-state index contributed by atoms with van der Waals surface area (Å²) in [6.07, 6.45) is 7.80. The third kappa shape index (κ3) is 6.15. The van der Waals surface area contributed by atoms with Gasteiger partial charge in [0, 0.05) is 57.3 Å². The van der Waals surface area contributed by atoms with Gasteiger partial charge in [0.15, 0.2) is 11.3 Å². The summed E-state index contributed by atoms with van der Waals surface area (Å²) in [6.45, 7) is 7.82. The standard InChI is InChI=1S/C29H39N9O2/c1-3-4-12-36(14-15-39)28-27-25(33-29(30)34-28)19-38(35-27)17-22-10-9-21(24-8-5-11-31-26(22)24)16-32-23-7-6-13-37(18-23)20(2)40/h5,8-11,19,23,32,39H,3-4,6-7,12-18H2,1-2H3,(H2,30,33)/t23-/m1/s1. The first kappa shape index (κ1) is 27.7. The fraction of sp³-hybridized carbons (Fsp3) is 0.483. The van der Waals surface area contributed by atoms with Gasteiger partial charge in [0.1, 0.15) is 5.52 Å². The highest BCUT2D eigenvalue weighted by atomic mass is 16.3. The summed E-state index contributed by atoms with van der Waals surface area (Å²) in [6, 6.07) is 8.62. The van der Waals surface area contributed by atoms with Gasteiger partial charge in [-0.05, 0) is 36.5 Å². The maximum absolute atomic E-state index is 11.8. The number of benzene rings is 1. The Balaban J connectivity index is 1.39. The van der Waals surface area contributed by atoms with E-state index in [-0.39, 0.29) is 24.5 Å². The number of pyridine rings is 1. The molecule has 4 aromatic rings. The summed E-state index contributed by atoms with van der Waals surface area (Å²) in [5.74, 6) is 0.980. The van der Waals surface area contributed by atoms with Crippen molar-refractivity contribution >= 4 is 39.6 Å². The highest BCUT2D eigenvalue weighted by molar-refractivity contribution is 5.87. The molecule has 0 aliphatic carbocycles. The number of likely N-dealkylation sites (tertiary alicyclic amines) is 1. The van der Waals surface area contributed by atoms with E-state index in [2.05, 4.69) is 40.4 Å². The largest absolute Gasteiger partial charge is 0.395 e. The average molecular weight is 546 g/mol. The van der Waals surface area contributed by atoms with Gasteiger partial charge in [0.2, 0.25) is 11.9 Å². The molecule has 11 nitrogen and oxygen atoms in total. The third-order valence-electron chi connectivity index (χ3n) is 7.58. The summed E-state index contributed by atoms with van der Waals surface area (Å²) in [5, 5.41) is 19.2. The molecule has 212 valence electrons. The second-order valence-electron chi connectivity index (χ2n) is 10.5. The van der Waals surface area contributed by atoms with Crippen molar-refractivity contribution in [2.24, 2.45) is 0 Å². The maximum Gasteiger partial charge on any atom is 0.222 e. The zero-order valence-electron chi connectivity index (χ0n) is 23.4. The lowest BCUT2D eigenvalue weighted by Crippen LogP contribution is -2.47. The quantitative estimate of drug-likeness (QED) is 0.260. The molecule has 1 amide bonds. The lowest BCUT2D eigenvalue weighted by atomic mass is 10.0. The molecular weight excluding hydrogens is 506 g/mol. The lowest BCUT2D eigenvalue weighted by molar-refractivity contribution is -0.130. The molecule has 0 radical (unpaired) electrons. The highest BCUT2D eigenvalue weighted by Gasteiger charge is 2.22. The third-order valence-corrected chi connectivity index (χ3v) is 7.58. The number of rotatable bonds is 11. The van der Waals surface area contributed by atoms with E-state index < -0.39 is 0 Å². The number of fused-ring (bicyclic) bond motifs is 2. The number of unbranched alkanes of at least 4 members (excludes halogenated alkanes) is 1. The summed E-state index contributed by atoms with van der Waals surface area (Å²) in [4.78, 5) is 29.4. The van der Waals surface area contributed by atoms with Crippen molar-refractivity contribution in [3.63, 3.8) is 0 Å². The van der Waals surface area contributed by atoms with E-state index in [0.29, 0.717) is 36.5 Å². The minimum Gasteiger partial charge on any atom is -0.395 e. The molecule has 40 heavy (non-hydrogen) atoms. The van der Waals surface area contributed by atoms with Crippen LogP contribution in [0.4, 0.5) is 11.8 Å². The van der Waals surface area contributed by atoms with Gasteiger partial charge in [-0.25, -0.2) is 4.98 Å². The molecule has 0 bridgehead atoms. The molecule has 3 aromatic heterocycles. The van der Waals surface area contributed by atoms with Gasteiger partial charge in [-0.15, -0.1) is 0 Å². The molecule has 1 atom stereocenters. The van der Waals surface area contributed by atoms with Gasteiger partial charge in [0.25, 0.3) is 0 Å². The second-order valence-corrected chi connectivity index (χ2v) is 10.5. The van der Waals surface area contributed by atoms with Crippen LogP contribution in [-0.2, 0) is 17.9 Å². The second kappa shape index (κ2) is 12.6. The number of aromatic nitrogens is 5. The number of nitrogens with two attached hydrogens (primary N) is 1. The maximum atomic E-state index is 11.8. The van der Waals surface area contributed by atoms with Crippen molar-refractivity contribution in [3.05, 3.63) is 47.8 Å². The van der Waals surface area contributed by atoms with Crippen molar-refractivity contribution in [2.45, 2.75) is 58.7 Å². The first-order chi connectivity index (χ1) is 19.5. The van der Waals surface area contributed by atoms with E-state index >= 15 is 0 Å². The fourth-order valence-electron chi connectivity index (χ4n) is 5.49. The monoisotopic (exact) mass is 545 g/mol. The molecule has 1 fully saturated rings. The molecule has 1 saturated heterocycles. The summed E-state index contributed by atoms with van der Waals surface area (Å²) in [5.41, 5.74) is 10.6. The van der Waals surface area contributed by atoms with E-state index in [9.17, 15) is 9.90 Å². The minimum atomic E-state index is 0.0183. The molecule has 0 unspecified atom stereocenters. The number of amides is 1. The number of piperidine rings is 1. The van der Waals surface area contributed by atoms with Crippen LogP contribution in [0.3, 0.4) is 0 Å². The SMILES string of the molecule is CCCCN(CCO)c1nc(N)nc2cn(Cc3ccc(CN[C@@H]4CCCN(C(C)=O)C4)c4cccnc34)nc12. The molecule has 4 N–H and O–H groups in total. The zero-order valence-corrected chi connectivity index (χ0v) is 23.4. The fourth-order valence-corrected chi connectivity index (χ4v) is 5.49. The summed E-state index contributed by atoms with van der Waals surface area (Å²) >= 11 is 0. The predicted octanol–water partition coefficient (Wildman–Crippen LogP) is 2.70. The van der Waals surface area contributed by atoms with E-state index in [1.165, 1.54) is 5.56 Å². The Bertz CT molecular complexity index is 1470.